The first-order valence-corrected chi connectivity index (χ1v) is 10.4. The van der Waals surface area contributed by atoms with Crippen molar-refractivity contribution in [1.82, 2.24) is 5.32 Å². The Morgan fingerprint density at radius 1 is 1.04 bits per heavy atom. The fourth-order valence-corrected chi connectivity index (χ4v) is 4.52. The number of hydrogen-bond acceptors (Lipinski definition) is 4. The normalized spacial score (nSPS) is 19.6. The zero-order valence-electron chi connectivity index (χ0n) is 14.5. The zero-order valence-corrected chi connectivity index (χ0v) is 15.3. The minimum Gasteiger partial charge on any atom is -0.388 e. The number of amides is 1. The van der Waals surface area contributed by atoms with Gasteiger partial charge < -0.3 is 10.4 Å². The molecule has 0 aromatic heterocycles. The van der Waals surface area contributed by atoms with Crippen LogP contribution in [0.2, 0.25) is 0 Å². The van der Waals surface area contributed by atoms with Gasteiger partial charge >= 0.3 is 0 Å². The molecule has 6 heteroatoms. The number of rotatable bonds is 6. The highest BCUT2D eigenvalue weighted by Gasteiger charge is 2.32. The minimum absolute atomic E-state index is 0.121. The third kappa shape index (κ3) is 4.51. The van der Waals surface area contributed by atoms with Gasteiger partial charge in [-0.15, -0.1) is 0 Å². The summed E-state index contributed by atoms with van der Waals surface area (Å²) in [5, 5.41) is 13.4. The number of nitrogens with one attached hydrogen (secondary N) is 1. The van der Waals surface area contributed by atoms with Gasteiger partial charge in [-0.3, -0.25) is 4.79 Å². The number of aryl methyl sites for hydroxylation is 1. The van der Waals surface area contributed by atoms with Gasteiger partial charge in [0, 0.05) is 19.4 Å². The van der Waals surface area contributed by atoms with Crippen LogP contribution in [0.5, 0.6) is 0 Å². The van der Waals surface area contributed by atoms with E-state index in [-0.39, 0.29) is 29.5 Å². The van der Waals surface area contributed by atoms with Gasteiger partial charge in [-0.2, -0.15) is 0 Å². The standard InChI is InChI=1S/C20H23NO4S/c22-19(11-13-26(24,25)18-8-2-1-3-9-18)21-15-20(23)12-10-16-6-4-5-7-17(16)14-20/h1-9,23H,10-15H2,(H,21,22). The van der Waals surface area contributed by atoms with Crippen molar-refractivity contribution < 1.29 is 18.3 Å². The van der Waals surface area contributed by atoms with Crippen molar-refractivity contribution in [2.45, 2.75) is 36.2 Å². The Morgan fingerprint density at radius 2 is 1.69 bits per heavy atom. The van der Waals surface area contributed by atoms with E-state index in [4.69, 9.17) is 0 Å². The Morgan fingerprint density at radius 3 is 2.42 bits per heavy atom. The Bertz CT molecular complexity index is 880. The van der Waals surface area contributed by atoms with Crippen molar-refractivity contribution in [3.63, 3.8) is 0 Å². The average molecular weight is 373 g/mol. The molecule has 1 unspecified atom stereocenters. The van der Waals surface area contributed by atoms with Gasteiger partial charge in [0.2, 0.25) is 5.91 Å². The first kappa shape index (κ1) is 18.6. The number of benzene rings is 2. The summed E-state index contributed by atoms with van der Waals surface area (Å²) in [5.74, 6) is -0.610. The molecule has 0 heterocycles. The van der Waals surface area contributed by atoms with E-state index in [0.29, 0.717) is 12.8 Å². The molecule has 0 fully saturated rings. The molecule has 1 aliphatic rings. The molecule has 138 valence electrons. The van der Waals surface area contributed by atoms with Crippen LogP contribution in [0, 0.1) is 0 Å². The third-order valence-electron chi connectivity index (χ3n) is 4.81. The SMILES string of the molecule is O=C(CCS(=O)(=O)c1ccccc1)NCC1(O)CCc2ccccc2C1. The van der Waals surface area contributed by atoms with Crippen LogP contribution in [0.3, 0.4) is 0 Å². The molecule has 1 aliphatic carbocycles. The van der Waals surface area contributed by atoms with Crippen LogP contribution < -0.4 is 5.32 Å². The van der Waals surface area contributed by atoms with E-state index in [1.807, 2.05) is 18.2 Å². The number of hydrogen-bond donors (Lipinski definition) is 2. The molecule has 3 rings (SSSR count). The maximum atomic E-state index is 12.2. The van der Waals surface area contributed by atoms with Crippen LogP contribution >= 0.6 is 0 Å². The fraction of sp³-hybridized carbons (Fsp3) is 0.350. The maximum absolute atomic E-state index is 12.2. The lowest BCUT2D eigenvalue weighted by atomic mass is 9.80. The Kier molecular flexibility index (Phi) is 5.44. The third-order valence-corrected chi connectivity index (χ3v) is 6.54. The lowest BCUT2D eigenvalue weighted by molar-refractivity contribution is -0.122. The molecule has 0 spiro atoms. The lowest BCUT2D eigenvalue weighted by Gasteiger charge is -2.33. The summed E-state index contributed by atoms with van der Waals surface area (Å²) in [5.41, 5.74) is 1.35. The van der Waals surface area contributed by atoms with Gasteiger partial charge in [-0.1, -0.05) is 42.5 Å². The van der Waals surface area contributed by atoms with Crippen LogP contribution in [-0.4, -0.2) is 37.3 Å². The van der Waals surface area contributed by atoms with Crippen LogP contribution in [0.1, 0.15) is 24.0 Å². The molecule has 1 atom stereocenters. The van der Waals surface area contributed by atoms with Crippen molar-refractivity contribution in [1.29, 1.82) is 0 Å². The van der Waals surface area contributed by atoms with Crippen LogP contribution in [0.4, 0.5) is 0 Å². The Hall–Kier alpha value is -2.18. The highest BCUT2D eigenvalue weighted by molar-refractivity contribution is 7.91. The predicted octanol–water partition coefficient (Wildman–Crippen LogP) is 1.89. The zero-order chi connectivity index (χ0) is 18.6. The number of sulfone groups is 1. The van der Waals surface area contributed by atoms with E-state index < -0.39 is 15.4 Å². The fourth-order valence-electron chi connectivity index (χ4n) is 3.26. The van der Waals surface area contributed by atoms with Crippen molar-refractivity contribution in [2.24, 2.45) is 0 Å². The molecule has 0 saturated carbocycles. The summed E-state index contributed by atoms with van der Waals surface area (Å²) in [6.07, 6.45) is 1.72. The van der Waals surface area contributed by atoms with Crippen LogP contribution in [-0.2, 0) is 27.5 Å². The molecule has 26 heavy (non-hydrogen) atoms. The van der Waals surface area contributed by atoms with E-state index in [1.165, 1.54) is 17.7 Å². The quantitative estimate of drug-likeness (QED) is 0.810. The summed E-state index contributed by atoms with van der Waals surface area (Å²) in [4.78, 5) is 12.3. The summed E-state index contributed by atoms with van der Waals surface area (Å²) < 4.78 is 24.4. The summed E-state index contributed by atoms with van der Waals surface area (Å²) >= 11 is 0. The van der Waals surface area contributed by atoms with E-state index in [9.17, 15) is 18.3 Å². The number of carbonyl (C=O) groups excluding carboxylic acids is 1. The van der Waals surface area contributed by atoms with E-state index in [0.717, 1.165) is 12.0 Å². The lowest BCUT2D eigenvalue weighted by Crippen LogP contribution is -2.47. The number of carbonyl (C=O) groups is 1. The van der Waals surface area contributed by atoms with E-state index in [2.05, 4.69) is 11.4 Å². The molecular weight excluding hydrogens is 350 g/mol. The molecule has 2 N–H and O–H groups in total. The van der Waals surface area contributed by atoms with Crippen molar-refractivity contribution >= 4 is 15.7 Å². The smallest absolute Gasteiger partial charge is 0.221 e. The molecule has 0 radical (unpaired) electrons. The van der Waals surface area contributed by atoms with Crippen molar-refractivity contribution in [3.05, 3.63) is 65.7 Å². The summed E-state index contributed by atoms with van der Waals surface area (Å²) in [6.45, 7) is 0.131. The molecule has 0 aliphatic heterocycles. The summed E-state index contributed by atoms with van der Waals surface area (Å²) in [7, 11) is -3.48. The number of fused-ring (bicyclic) bond motifs is 1. The molecule has 2 aromatic rings. The average Bonchev–Trinajstić information content (AvgIpc) is 2.65. The molecule has 1 amide bonds. The second-order valence-electron chi connectivity index (χ2n) is 6.83. The first-order chi connectivity index (χ1) is 12.4. The maximum Gasteiger partial charge on any atom is 0.221 e. The largest absolute Gasteiger partial charge is 0.388 e. The summed E-state index contributed by atoms with van der Waals surface area (Å²) in [6, 6.07) is 16.1. The highest BCUT2D eigenvalue weighted by atomic mass is 32.2. The van der Waals surface area contributed by atoms with E-state index in [1.54, 1.807) is 18.2 Å². The molecule has 2 aromatic carbocycles. The van der Waals surface area contributed by atoms with E-state index >= 15 is 0 Å². The van der Waals surface area contributed by atoms with Gasteiger partial charge in [0.25, 0.3) is 0 Å². The monoisotopic (exact) mass is 373 g/mol. The van der Waals surface area contributed by atoms with Crippen molar-refractivity contribution in [2.75, 3.05) is 12.3 Å². The van der Waals surface area contributed by atoms with Gasteiger partial charge in [0.05, 0.1) is 16.2 Å². The van der Waals surface area contributed by atoms with Gasteiger partial charge in [0.1, 0.15) is 0 Å². The first-order valence-electron chi connectivity index (χ1n) is 8.72. The molecule has 5 nitrogen and oxygen atoms in total. The molecule has 0 bridgehead atoms. The van der Waals surface area contributed by atoms with Gasteiger partial charge in [0.15, 0.2) is 9.84 Å². The second kappa shape index (κ2) is 7.60. The Labute approximate surface area is 154 Å². The molecular formula is C20H23NO4S. The Balaban J connectivity index is 1.52. The topological polar surface area (TPSA) is 83.5 Å². The van der Waals surface area contributed by atoms with Crippen LogP contribution in [0.25, 0.3) is 0 Å². The molecule has 0 saturated heterocycles. The van der Waals surface area contributed by atoms with Crippen LogP contribution in [0.15, 0.2) is 59.5 Å². The second-order valence-corrected chi connectivity index (χ2v) is 8.94. The highest BCUT2D eigenvalue weighted by Crippen LogP contribution is 2.28. The number of aliphatic hydroxyl groups is 1. The van der Waals surface area contributed by atoms with Gasteiger partial charge in [-0.25, -0.2) is 8.42 Å². The predicted molar refractivity (Wildman–Crippen MR) is 99.5 cm³/mol. The van der Waals surface area contributed by atoms with Crippen molar-refractivity contribution in [3.8, 4) is 0 Å². The minimum atomic E-state index is -3.48. The van der Waals surface area contributed by atoms with Gasteiger partial charge in [-0.05, 0) is 36.1 Å².